The average Bonchev–Trinajstić information content (AvgIpc) is 3.04. The molecule has 0 aliphatic carbocycles. The molecule has 296 valence electrons. The van der Waals surface area contributed by atoms with Gasteiger partial charge >= 0.3 is 5.97 Å². The molecule has 0 spiro atoms. The number of aliphatic hydroxyl groups excluding tert-OH is 1. The van der Waals surface area contributed by atoms with E-state index >= 15 is 0 Å². The van der Waals surface area contributed by atoms with Crippen LogP contribution < -0.4 is 72.9 Å². The Kier molecular flexibility index (Phi) is 22.6. The van der Waals surface area contributed by atoms with Gasteiger partial charge in [0, 0.05) is 26.2 Å². The number of aliphatic imine (C=N–C) groups is 4. The van der Waals surface area contributed by atoms with Crippen LogP contribution in [-0.2, 0) is 24.0 Å². The quantitative estimate of drug-likeness (QED) is 0.0222. The van der Waals surface area contributed by atoms with E-state index in [-0.39, 0.29) is 95.0 Å². The molecule has 0 aromatic carbocycles. The Morgan fingerprint density at radius 2 is 0.846 bits per heavy atom. The second-order valence-corrected chi connectivity index (χ2v) is 11.7. The second-order valence-electron chi connectivity index (χ2n) is 11.7. The summed E-state index contributed by atoms with van der Waals surface area (Å²) in [5, 5.41) is 30.0. The molecule has 0 saturated heterocycles. The minimum atomic E-state index is -1.64. The van der Waals surface area contributed by atoms with Gasteiger partial charge in [0.05, 0.1) is 12.1 Å². The molecule has 0 aromatic heterocycles. The van der Waals surface area contributed by atoms with Crippen LogP contribution in [0.2, 0.25) is 0 Å². The zero-order chi connectivity index (χ0) is 39.8. The van der Waals surface area contributed by atoms with Crippen molar-refractivity contribution in [3.05, 3.63) is 0 Å². The maximum absolute atomic E-state index is 13.5. The third kappa shape index (κ3) is 21.4. The van der Waals surface area contributed by atoms with Gasteiger partial charge in [-0.2, -0.15) is 0 Å². The van der Waals surface area contributed by atoms with Crippen molar-refractivity contribution in [2.75, 3.05) is 26.2 Å². The first kappa shape index (κ1) is 46.4. The van der Waals surface area contributed by atoms with Crippen molar-refractivity contribution in [3.8, 4) is 0 Å². The minimum Gasteiger partial charge on any atom is -0.480 e. The van der Waals surface area contributed by atoms with Crippen LogP contribution in [0.1, 0.15) is 58.3 Å². The van der Waals surface area contributed by atoms with Gasteiger partial charge in [-0.3, -0.25) is 39.1 Å². The molecule has 0 bridgehead atoms. The van der Waals surface area contributed by atoms with Gasteiger partial charge in [0.25, 0.3) is 0 Å². The largest absolute Gasteiger partial charge is 0.480 e. The summed E-state index contributed by atoms with van der Waals surface area (Å²) in [7, 11) is 0. The second kappa shape index (κ2) is 25.3. The Balaban J connectivity index is 6.01. The summed E-state index contributed by atoms with van der Waals surface area (Å²) in [5.41, 5.74) is 48.6. The Hall–Kier alpha value is -5.65. The van der Waals surface area contributed by atoms with Crippen LogP contribution in [0.3, 0.4) is 0 Å². The molecule has 6 atom stereocenters. The van der Waals surface area contributed by atoms with Gasteiger partial charge in [-0.05, 0) is 58.3 Å². The number of hydrogen-bond acceptors (Lipinski definition) is 11. The lowest BCUT2D eigenvalue weighted by molar-refractivity contribution is -0.142. The highest BCUT2D eigenvalue weighted by molar-refractivity contribution is 5.95. The molecule has 0 aromatic rings. The van der Waals surface area contributed by atoms with E-state index in [2.05, 4.69) is 41.2 Å². The molecular formula is C28H57N17O7. The van der Waals surface area contributed by atoms with Gasteiger partial charge in [-0.15, -0.1) is 0 Å². The number of nitrogens with one attached hydrogen (secondary N) is 4. The van der Waals surface area contributed by atoms with Crippen molar-refractivity contribution >= 4 is 53.4 Å². The molecule has 0 saturated carbocycles. The molecule has 0 fully saturated rings. The maximum atomic E-state index is 13.5. The van der Waals surface area contributed by atoms with Crippen molar-refractivity contribution in [2.45, 2.75) is 94.6 Å². The van der Waals surface area contributed by atoms with E-state index in [0.717, 1.165) is 0 Å². The van der Waals surface area contributed by atoms with Crippen LogP contribution >= 0.6 is 0 Å². The molecule has 0 heterocycles. The summed E-state index contributed by atoms with van der Waals surface area (Å²) in [4.78, 5) is 80.3. The van der Waals surface area contributed by atoms with E-state index in [1.165, 1.54) is 6.92 Å². The smallest absolute Gasteiger partial charge is 0.326 e. The van der Waals surface area contributed by atoms with Gasteiger partial charge in [0.2, 0.25) is 23.6 Å². The normalized spacial score (nSPS) is 14.1. The van der Waals surface area contributed by atoms with Crippen molar-refractivity contribution < 1.29 is 34.2 Å². The molecule has 24 N–H and O–H groups in total. The molecule has 0 aliphatic heterocycles. The first-order chi connectivity index (χ1) is 24.3. The Labute approximate surface area is 301 Å². The fourth-order valence-electron chi connectivity index (χ4n) is 4.43. The number of carbonyl (C=O) groups excluding carboxylic acids is 4. The zero-order valence-electron chi connectivity index (χ0n) is 29.4. The Morgan fingerprint density at radius 1 is 0.519 bits per heavy atom. The molecular weight excluding hydrogens is 686 g/mol. The van der Waals surface area contributed by atoms with Gasteiger partial charge in [-0.25, -0.2) is 4.79 Å². The molecule has 24 heteroatoms. The lowest BCUT2D eigenvalue weighted by atomic mass is 10.0. The molecule has 4 amide bonds. The Morgan fingerprint density at radius 3 is 1.21 bits per heavy atom. The number of rotatable bonds is 26. The summed E-state index contributed by atoms with van der Waals surface area (Å²) in [6, 6.07) is -6.66. The predicted molar refractivity (Wildman–Crippen MR) is 195 cm³/mol. The lowest BCUT2D eigenvalue weighted by Gasteiger charge is -2.27. The SMILES string of the molecule is CC(O)C(NC(=O)C(CCCN=C(N)N)NC(=O)C(N)CCCN=C(N)N)C(=O)NC(CCCN=C(N)N)C(=O)NC(CCCN=C(N)N)C(=O)O. The number of guanidine groups is 4. The number of hydrogen-bond donors (Lipinski definition) is 15. The summed E-state index contributed by atoms with van der Waals surface area (Å²) in [5.74, 6) is -5.46. The van der Waals surface area contributed by atoms with E-state index in [4.69, 9.17) is 51.6 Å². The van der Waals surface area contributed by atoms with Crippen molar-refractivity contribution in [2.24, 2.45) is 71.6 Å². The number of amides is 4. The number of aliphatic carboxylic acids is 1. The third-order valence-corrected chi connectivity index (χ3v) is 7.08. The topological polar surface area (TPSA) is 458 Å². The van der Waals surface area contributed by atoms with E-state index in [9.17, 15) is 34.2 Å². The van der Waals surface area contributed by atoms with Gasteiger partial charge in [0.15, 0.2) is 23.8 Å². The van der Waals surface area contributed by atoms with Crippen LogP contribution in [0, 0.1) is 0 Å². The highest BCUT2D eigenvalue weighted by Crippen LogP contribution is 2.07. The first-order valence-electron chi connectivity index (χ1n) is 16.4. The number of nitrogens with zero attached hydrogens (tertiary/aromatic N) is 4. The molecule has 0 radical (unpaired) electrons. The molecule has 0 aliphatic rings. The summed E-state index contributed by atoms with van der Waals surface area (Å²) >= 11 is 0. The fraction of sp³-hybridized carbons (Fsp3) is 0.679. The Bertz CT molecular complexity index is 1270. The first-order valence-corrected chi connectivity index (χ1v) is 16.4. The minimum absolute atomic E-state index is 0.00118. The zero-order valence-corrected chi connectivity index (χ0v) is 29.4. The number of carboxylic acids is 1. The van der Waals surface area contributed by atoms with Crippen LogP contribution in [0.25, 0.3) is 0 Å². The summed E-state index contributed by atoms with van der Waals surface area (Å²) in [6.45, 7) is 1.72. The predicted octanol–water partition coefficient (Wildman–Crippen LogP) is -7.07. The van der Waals surface area contributed by atoms with E-state index in [0.29, 0.717) is 6.42 Å². The standard InChI is InChI=1S/C28H57N17O7/c1-14(46)19(45-22(49)17(8-4-12-40-27(34)35)42-20(47)15(29)6-2-10-38-25(30)31)23(50)43-16(7-3-11-39-26(32)33)21(48)44-18(24(51)52)9-5-13-41-28(36)37/h14-19,46H,2-13,29H2,1H3,(H,42,47)(H,43,50)(H,44,48)(H,45,49)(H,51,52)(H4,30,31,38)(H4,32,33,39)(H4,34,35,40)(H4,36,37,41). The third-order valence-electron chi connectivity index (χ3n) is 7.08. The lowest BCUT2D eigenvalue weighted by Crippen LogP contribution is -2.61. The molecule has 52 heavy (non-hydrogen) atoms. The van der Waals surface area contributed by atoms with Gasteiger partial charge in [0.1, 0.15) is 24.2 Å². The molecule has 24 nitrogen and oxygen atoms in total. The summed E-state index contributed by atoms with van der Waals surface area (Å²) < 4.78 is 0. The summed E-state index contributed by atoms with van der Waals surface area (Å²) in [6.07, 6.45) is -0.490. The number of carbonyl (C=O) groups is 5. The van der Waals surface area contributed by atoms with Crippen LogP contribution in [0.5, 0.6) is 0 Å². The van der Waals surface area contributed by atoms with Crippen LogP contribution in [0.4, 0.5) is 0 Å². The molecule has 0 rings (SSSR count). The van der Waals surface area contributed by atoms with Crippen LogP contribution in [-0.4, -0.2) is 126 Å². The van der Waals surface area contributed by atoms with Crippen LogP contribution in [0.15, 0.2) is 20.0 Å². The van der Waals surface area contributed by atoms with Gasteiger partial charge in [-0.1, -0.05) is 0 Å². The fourth-order valence-corrected chi connectivity index (χ4v) is 4.43. The number of nitrogens with two attached hydrogens (primary N) is 9. The van der Waals surface area contributed by atoms with Crippen molar-refractivity contribution in [1.29, 1.82) is 0 Å². The number of aliphatic hydroxyl groups is 1. The van der Waals surface area contributed by atoms with E-state index in [1.54, 1.807) is 0 Å². The van der Waals surface area contributed by atoms with Crippen molar-refractivity contribution in [1.82, 2.24) is 21.3 Å². The monoisotopic (exact) mass is 743 g/mol. The maximum Gasteiger partial charge on any atom is 0.326 e. The van der Waals surface area contributed by atoms with E-state index in [1.807, 2.05) is 0 Å². The van der Waals surface area contributed by atoms with E-state index < -0.39 is 65.9 Å². The average molecular weight is 744 g/mol. The van der Waals surface area contributed by atoms with Gasteiger partial charge < -0.3 is 83.1 Å². The highest BCUT2D eigenvalue weighted by Gasteiger charge is 2.33. The van der Waals surface area contributed by atoms with Crippen molar-refractivity contribution in [3.63, 3.8) is 0 Å². The molecule has 6 unspecified atom stereocenters. The number of carboxylic acid groups (broad SMARTS) is 1. The highest BCUT2D eigenvalue weighted by atomic mass is 16.4.